The maximum absolute atomic E-state index is 12.0. The Hall–Kier alpha value is -1.26. The standard InChI is InChI=1S/C13H13Cl2NO3/c14-9-2-1-3-10(11(9)15)16-12(17)7-4-5-8(6-7)13(18)19/h1-3,7-8H,4-6H2,(H,16,17)(H,18,19)/t7-,8+/m1/s1. The molecule has 1 amide bonds. The van der Waals surface area contributed by atoms with E-state index < -0.39 is 11.9 Å². The first-order chi connectivity index (χ1) is 8.99. The van der Waals surface area contributed by atoms with E-state index in [4.69, 9.17) is 28.3 Å². The maximum Gasteiger partial charge on any atom is 0.306 e. The van der Waals surface area contributed by atoms with Crippen LogP contribution in [0.1, 0.15) is 19.3 Å². The number of aliphatic carboxylic acids is 1. The van der Waals surface area contributed by atoms with Crippen LogP contribution in [0.25, 0.3) is 0 Å². The monoisotopic (exact) mass is 301 g/mol. The number of hydrogen-bond acceptors (Lipinski definition) is 2. The SMILES string of the molecule is O=C(O)[C@H]1CC[C@@H](C(=O)Nc2cccc(Cl)c2Cl)C1. The number of hydrogen-bond donors (Lipinski definition) is 2. The van der Waals surface area contributed by atoms with Gasteiger partial charge in [-0.3, -0.25) is 9.59 Å². The molecule has 1 saturated carbocycles. The maximum atomic E-state index is 12.0. The molecule has 0 aliphatic heterocycles. The molecule has 2 atom stereocenters. The summed E-state index contributed by atoms with van der Waals surface area (Å²) >= 11 is 11.8. The average molecular weight is 302 g/mol. The van der Waals surface area contributed by atoms with Crippen molar-refractivity contribution in [1.29, 1.82) is 0 Å². The third-order valence-corrected chi connectivity index (χ3v) is 4.18. The van der Waals surface area contributed by atoms with E-state index in [0.29, 0.717) is 35.0 Å². The highest BCUT2D eigenvalue weighted by Gasteiger charge is 2.33. The van der Waals surface area contributed by atoms with Crippen molar-refractivity contribution in [3.8, 4) is 0 Å². The number of amides is 1. The minimum atomic E-state index is -0.837. The van der Waals surface area contributed by atoms with E-state index in [1.54, 1.807) is 18.2 Å². The van der Waals surface area contributed by atoms with Crippen molar-refractivity contribution in [3.05, 3.63) is 28.2 Å². The molecule has 0 radical (unpaired) electrons. The number of carbonyl (C=O) groups excluding carboxylic acids is 1. The van der Waals surface area contributed by atoms with Crippen LogP contribution in [0.2, 0.25) is 10.0 Å². The molecule has 1 aliphatic carbocycles. The molecule has 102 valence electrons. The number of rotatable bonds is 3. The highest BCUT2D eigenvalue weighted by atomic mass is 35.5. The topological polar surface area (TPSA) is 66.4 Å². The fourth-order valence-electron chi connectivity index (χ4n) is 2.28. The van der Waals surface area contributed by atoms with Gasteiger partial charge in [-0.2, -0.15) is 0 Å². The predicted octanol–water partition coefficient (Wildman–Crippen LogP) is 3.43. The lowest BCUT2D eigenvalue weighted by molar-refractivity contribution is -0.141. The first-order valence-corrected chi connectivity index (χ1v) is 6.72. The molecule has 2 N–H and O–H groups in total. The zero-order chi connectivity index (χ0) is 14.0. The van der Waals surface area contributed by atoms with Gasteiger partial charge in [0, 0.05) is 5.92 Å². The quantitative estimate of drug-likeness (QED) is 0.899. The van der Waals surface area contributed by atoms with E-state index >= 15 is 0 Å². The Kier molecular flexibility index (Phi) is 4.32. The number of anilines is 1. The number of benzene rings is 1. The van der Waals surface area contributed by atoms with Crippen LogP contribution in [-0.4, -0.2) is 17.0 Å². The van der Waals surface area contributed by atoms with E-state index in [1.165, 1.54) is 0 Å². The van der Waals surface area contributed by atoms with Crippen LogP contribution in [0, 0.1) is 11.8 Å². The van der Waals surface area contributed by atoms with E-state index in [1.807, 2.05) is 0 Å². The molecule has 0 bridgehead atoms. The summed E-state index contributed by atoms with van der Waals surface area (Å²) < 4.78 is 0. The second-order valence-electron chi connectivity index (χ2n) is 4.64. The van der Waals surface area contributed by atoms with Gasteiger partial charge in [-0.15, -0.1) is 0 Å². The molecule has 1 aliphatic rings. The summed E-state index contributed by atoms with van der Waals surface area (Å²) in [6.07, 6.45) is 1.50. The van der Waals surface area contributed by atoms with E-state index in [9.17, 15) is 9.59 Å². The molecule has 0 unspecified atom stereocenters. The van der Waals surface area contributed by atoms with E-state index in [2.05, 4.69) is 5.32 Å². The molecule has 1 aromatic rings. The minimum Gasteiger partial charge on any atom is -0.481 e. The number of nitrogens with one attached hydrogen (secondary N) is 1. The fourth-order valence-corrected chi connectivity index (χ4v) is 2.63. The Bertz CT molecular complexity index is 519. The van der Waals surface area contributed by atoms with Crippen molar-refractivity contribution in [3.63, 3.8) is 0 Å². The van der Waals surface area contributed by atoms with Crippen LogP contribution in [-0.2, 0) is 9.59 Å². The molecular weight excluding hydrogens is 289 g/mol. The average Bonchev–Trinajstić information content (AvgIpc) is 2.84. The minimum absolute atomic E-state index is 0.201. The second kappa shape index (κ2) is 5.80. The van der Waals surface area contributed by atoms with Crippen LogP contribution in [0.3, 0.4) is 0 Å². The highest BCUT2D eigenvalue weighted by molar-refractivity contribution is 6.44. The van der Waals surface area contributed by atoms with Crippen molar-refractivity contribution < 1.29 is 14.7 Å². The van der Waals surface area contributed by atoms with Gasteiger partial charge in [0.15, 0.2) is 0 Å². The van der Waals surface area contributed by atoms with Crippen molar-refractivity contribution in [2.45, 2.75) is 19.3 Å². The highest BCUT2D eigenvalue weighted by Crippen LogP contribution is 2.34. The molecule has 0 saturated heterocycles. The summed E-state index contributed by atoms with van der Waals surface area (Å²) in [5, 5.41) is 12.3. The Balaban J connectivity index is 2.02. The summed E-state index contributed by atoms with van der Waals surface area (Å²) in [6.45, 7) is 0. The van der Waals surface area contributed by atoms with Crippen LogP contribution >= 0.6 is 23.2 Å². The molecule has 19 heavy (non-hydrogen) atoms. The van der Waals surface area contributed by atoms with Crippen LogP contribution < -0.4 is 5.32 Å². The van der Waals surface area contributed by atoms with Gasteiger partial charge in [-0.25, -0.2) is 0 Å². The Morgan fingerprint density at radius 3 is 2.53 bits per heavy atom. The molecule has 0 spiro atoms. The predicted molar refractivity (Wildman–Crippen MR) is 73.6 cm³/mol. The third kappa shape index (κ3) is 3.19. The smallest absolute Gasteiger partial charge is 0.306 e. The van der Waals surface area contributed by atoms with Gasteiger partial charge in [0.05, 0.1) is 21.7 Å². The summed E-state index contributed by atoms with van der Waals surface area (Å²) in [4.78, 5) is 22.9. The van der Waals surface area contributed by atoms with Gasteiger partial charge in [0.25, 0.3) is 0 Å². The number of carboxylic acid groups (broad SMARTS) is 1. The fraction of sp³-hybridized carbons (Fsp3) is 0.385. The van der Waals surface area contributed by atoms with Gasteiger partial charge in [-0.1, -0.05) is 29.3 Å². The van der Waals surface area contributed by atoms with Gasteiger partial charge >= 0.3 is 5.97 Å². The lowest BCUT2D eigenvalue weighted by atomic mass is 10.0. The Labute approximate surface area is 120 Å². The molecule has 6 heteroatoms. The normalized spacial score (nSPS) is 22.2. The summed E-state index contributed by atoms with van der Waals surface area (Å²) in [7, 11) is 0. The summed E-state index contributed by atoms with van der Waals surface area (Å²) in [5.74, 6) is -1.74. The van der Waals surface area contributed by atoms with Crippen molar-refractivity contribution >= 4 is 40.8 Å². The Morgan fingerprint density at radius 2 is 1.89 bits per heavy atom. The first kappa shape index (κ1) is 14.2. The van der Waals surface area contributed by atoms with Gasteiger partial charge < -0.3 is 10.4 Å². The van der Waals surface area contributed by atoms with Crippen molar-refractivity contribution in [1.82, 2.24) is 0 Å². The first-order valence-electron chi connectivity index (χ1n) is 5.96. The molecule has 0 heterocycles. The molecule has 1 aromatic carbocycles. The second-order valence-corrected chi connectivity index (χ2v) is 5.42. The largest absolute Gasteiger partial charge is 0.481 e. The Morgan fingerprint density at radius 1 is 1.21 bits per heavy atom. The van der Waals surface area contributed by atoms with Crippen molar-refractivity contribution in [2.75, 3.05) is 5.32 Å². The molecule has 4 nitrogen and oxygen atoms in total. The van der Waals surface area contributed by atoms with Crippen molar-refractivity contribution in [2.24, 2.45) is 11.8 Å². The molecule has 0 aromatic heterocycles. The summed E-state index contributed by atoms with van der Waals surface area (Å²) in [6, 6.07) is 4.99. The molecule has 2 rings (SSSR count). The van der Waals surface area contributed by atoms with Crippen LogP contribution in [0.5, 0.6) is 0 Å². The van der Waals surface area contributed by atoms with Gasteiger partial charge in [0.2, 0.25) is 5.91 Å². The number of carboxylic acids is 1. The molecule has 1 fully saturated rings. The third-order valence-electron chi connectivity index (χ3n) is 3.36. The summed E-state index contributed by atoms with van der Waals surface area (Å²) in [5.41, 5.74) is 0.456. The zero-order valence-corrected chi connectivity index (χ0v) is 11.5. The number of halogens is 2. The van der Waals surface area contributed by atoms with Gasteiger partial charge in [0.1, 0.15) is 0 Å². The van der Waals surface area contributed by atoms with E-state index in [-0.39, 0.29) is 11.8 Å². The van der Waals surface area contributed by atoms with E-state index in [0.717, 1.165) is 0 Å². The molecular formula is C13H13Cl2NO3. The van der Waals surface area contributed by atoms with Crippen LogP contribution in [0.15, 0.2) is 18.2 Å². The number of carbonyl (C=O) groups is 2. The van der Waals surface area contributed by atoms with Gasteiger partial charge in [-0.05, 0) is 31.4 Å². The van der Waals surface area contributed by atoms with Crippen LogP contribution in [0.4, 0.5) is 5.69 Å². The lowest BCUT2D eigenvalue weighted by Gasteiger charge is -2.12. The zero-order valence-electron chi connectivity index (χ0n) is 10.0. The lowest BCUT2D eigenvalue weighted by Crippen LogP contribution is -2.21.